The fourth-order valence-corrected chi connectivity index (χ4v) is 1.53. The molecule has 0 fully saturated rings. The lowest BCUT2D eigenvalue weighted by atomic mass is 10.1. The van der Waals surface area contributed by atoms with E-state index in [4.69, 9.17) is 10.5 Å². The molecule has 0 saturated heterocycles. The third-order valence-corrected chi connectivity index (χ3v) is 2.37. The molecule has 0 bridgehead atoms. The number of carbonyl (C=O) groups is 1. The maximum atomic E-state index is 10.9. The normalized spacial score (nSPS) is 9.50. The fraction of sp³-hybridized carbons (Fsp3) is 0.167. The molecule has 0 radical (unpaired) electrons. The van der Waals surface area contributed by atoms with Crippen molar-refractivity contribution in [2.75, 3.05) is 18.2 Å². The molecule has 0 saturated carbocycles. The summed E-state index contributed by atoms with van der Waals surface area (Å²) in [6.45, 7) is 1.40. The number of methoxy groups -OCH3 is 1. The molecule has 20 heavy (non-hydrogen) atoms. The number of ether oxygens (including phenoxy) is 1. The molecule has 2 aromatic heterocycles. The molecule has 2 rings (SSSR count). The Hall–Kier alpha value is -2.41. The van der Waals surface area contributed by atoms with Gasteiger partial charge in [0.15, 0.2) is 0 Å². The van der Waals surface area contributed by atoms with Gasteiger partial charge in [0.2, 0.25) is 11.8 Å². The molecule has 3 N–H and O–H groups in total. The van der Waals surface area contributed by atoms with E-state index in [0.29, 0.717) is 28.6 Å². The molecular formula is C12H14ClN5O2. The molecule has 2 heterocycles. The van der Waals surface area contributed by atoms with Gasteiger partial charge < -0.3 is 15.8 Å². The van der Waals surface area contributed by atoms with Gasteiger partial charge in [-0.15, -0.1) is 12.4 Å². The second kappa shape index (κ2) is 6.67. The minimum absolute atomic E-state index is 0. The second-order valence-corrected chi connectivity index (χ2v) is 3.78. The average Bonchev–Trinajstić information content (AvgIpc) is 2.38. The predicted octanol–water partition coefficient (Wildman–Crippen LogP) is 1.51. The van der Waals surface area contributed by atoms with Gasteiger partial charge in [0.05, 0.1) is 12.8 Å². The zero-order valence-corrected chi connectivity index (χ0v) is 11.8. The van der Waals surface area contributed by atoms with Crippen LogP contribution in [0.2, 0.25) is 0 Å². The molecule has 8 heteroatoms. The molecule has 0 aromatic carbocycles. The first kappa shape index (κ1) is 15.6. The summed E-state index contributed by atoms with van der Waals surface area (Å²) in [5.41, 5.74) is 7.64. The van der Waals surface area contributed by atoms with Crippen molar-refractivity contribution in [3.05, 3.63) is 24.7 Å². The highest BCUT2D eigenvalue weighted by molar-refractivity contribution is 5.89. The van der Waals surface area contributed by atoms with Crippen molar-refractivity contribution in [3.63, 3.8) is 0 Å². The first-order valence-electron chi connectivity index (χ1n) is 5.49. The van der Waals surface area contributed by atoms with Gasteiger partial charge in [-0.05, 0) is 0 Å². The van der Waals surface area contributed by atoms with Crippen LogP contribution in [0.5, 0.6) is 5.88 Å². The number of nitrogens with zero attached hydrogens (tertiary/aromatic N) is 3. The molecule has 0 aliphatic rings. The Bertz CT molecular complexity index is 621. The van der Waals surface area contributed by atoms with Gasteiger partial charge in [0.1, 0.15) is 12.1 Å². The minimum Gasteiger partial charge on any atom is -0.481 e. The molecule has 1 amide bonds. The lowest BCUT2D eigenvalue weighted by molar-refractivity contribution is -0.114. The Morgan fingerprint density at radius 1 is 1.30 bits per heavy atom. The Morgan fingerprint density at radius 2 is 2.05 bits per heavy atom. The molecular weight excluding hydrogens is 282 g/mol. The summed E-state index contributed by atoms with van der Waals surface area (Å²) >= 11 is 0. The van der Waals surface area contributed by atoms with Crippen molar-refractivity contribution >= 4 is 29.8 Å². The van der Waals surface area contributed by atoms with Crippen LogP contribution in [0.15, 0.2) is 24.7 Å². The number of amides is 1. The van der Waals surface area contributed by atoms with Crippen LogP contribution in [0.25, 0.3) is 11.3 Å². The van der Waals surface area contributed by atoms with Crippen molar-refractivity contribution in [2.45, 2.75) is 6.92 Å². The SMILES string of the molecule is COc1cc(-c2cnc(NC(C)=O)cc2N)ncn1.Cl. The lowest BCUT2D eigenvalue weighted by Gasteiger charge is -2.08. The zero-order valence-electron chi connectivity index (χ0n) is 11.0. The third kappa shape index (κ3) is 3.55. The van der Waals surface area contributed by atoms with E-state index in [1.54, 1.807) is 18.3 Å². The maximum absolute atomic E-state index is 10.9. The molecule has 0 aliphatic carbocycles. The van der Waals surface area contributed by atoms with Gasteiger partial charge in [-0.1, -0.05) is 0 Å². The summed E-state index contributed by atoms with van der Waals surface area (Å²) in [6.07, 6.45) is 2.93. The summed E-state index contributed by atoms with van der Waals surface area (Å²) in [6, 6.07) is 3.23. The number of hydrogen-bond acceptors (Lipinski definition) is 6. The standard InChI is InChI=1S/C12H13N5O2.ClH/c1-7(18)17-11-3-9(13)8(5-14-11)10-4-12(19-2)16-6-15-10;/h3-6H,1-2H3,(H3,13,14,17,18);1H. The summed E-state index contributed by atoms with van der Waals surface area (Å²) in [5.74, 6) is 0.633. The number of nitrogen functional groups attached to an aromatic ring is 1. The monoisotopic (exact) mass is 295 g/mol. The van der Waals surface area contributed by atoms with Crippen molar-refractivity contribution in [2.24, 2.45) is 0 Å². The van der Waals surface area contributed by atoms with Crippen LogP contribution in [0, 0.1) is 0 Å². The zero-order chi connectivity index (χ0) is 13.8. The van der Waals surface area contributed by atoms with Gasteiger partial charge in [-0.3, -0.25) is 4.79 Å². The first-order valence-corrected chi connectivity index (χ1v) is 5.49. The van der Waals surface area contributed by atoms with Gasteiger partial charge in [0.25, 0.3) is 0 Å². The van der Waals surface area contributed by atoms with Gasteiger partial charge >= 0.3 is 0 Å². The van der Waals surface area contributed by atoms with E-state index < -0.39 is 0 Å². The third-order valence-electron chi connectivity index (χ3n) is 2.37. The van der Waals surface area contributed by atoms with Crippen molar-refractivity contribution in [1.29, 1.82) is 0 Å². The number of anilines is 2. The van der Waals surface area contributed by atoms with Crippen LogP contribution < -0.4 is 15.8 Å². The van der Waals surface area contributed by atoms with E-state index in [2.05, 4.69) is 20.3 Å². The van der Waals surface area contributed by atoms with Crippen LogP contribution in [0.3, 0.4) is 0 Å². The van der Waals surface area contributed by atoms with Crippen LogP contribution in [-0.4, -0.2) is 28.0 Å². The Labute approximate surface area is 122 Å². The number of nitrogens with one attached hydrogen (secondary N) is 1. The number of nitrogens with two attached hydrogens (primary N) is 1. The number of hydrogen-bond donors (Lipinski definition) is 2. The minimum atomic E-state index is -0.205. The number of pyridine rings is 1. The van der Waals surface area contributed by atoms with Crippen molar-refractivity contribution < 1.29 is 9.53 Å². The maximum Gasteiger partial charge on any atom is 0.222 e. The molecule has 0 spiro atoms. The molecule has 7 nitrogen and oxygen atoms in total. The van der Waals surface area contributed by atoms with E-state index in [9.17, 15) is 4.79 Å². The predicted molar refractivity (Wildman–Crippen MR) is 77.8 cm³/mol. The van der Waals surface area contributed by atoms with E-state index in [1.807, 2.05) is 0 Å². The topological polar surface area (TPSA) is 103 Å². The molecule has 2 aromatic rings. The highest BCUT2D eigenvalue weighted by Gasteiger charge is 2.08. The smallest absolute Gasteiger partial charge is 0.222 e. The van der Waals surface area contributed by atoms with E-state index in [0.717, 1.165) is 0 Å². The summed E-state index contributed by atoms with van der Waals surface area (Å²) in [5, 5.41) is 2.56. The summed E-state index contributed by atoms with van der Waals surface area (Å²) in [4.78, 5) is 23.1. The van der Waals surface area contributed by atoms with E-state index in [-0.39, 0.29) is 18.3 Å². The largest absolute Gasteiger partial charge is 0.481 e. The van der Waals surface area contributed by atoms with Crippen LogP contribution in [-0.2, 0) is 4.79 Å². The highest BCUT2D eigenvalue weighted by atomic mass is 35.5. The quantitative estimate of drug-likeness (QED) is 0.889. The van der Waals surface area contributed by atoms with Gasteiger partial charge in [-0.25, -0.2) is 15.0 Å². The number of halogens is 1. The Morgan fingerprint density at radius 3 is 2.65 bits per heavy atom. The van der Waals surface area contributed by atoms with E-state index in [1.165, 1.54) is 20.4 Å². The number of rotatable bonds is 3. The fourth-order valence-electron chi connectivity index (χ4n) is 1.53. The number of aromatic nitrogens is 3. The van der Waals surface area contributed by atoms with Crippen LogP contribution >= 0.6 is 12.4 Å². The first-order chi connectivity index (χ1) is 9.10. The molecule has 0 unspecified atom stereocenters. The highest BCUT2D eigenvalue weighted by Crippen LogP contribution is 2.26. The molecule has 0 aliphatic heterocycles. The van der Waals surface area contributed by atoms with Crippen molar-refractivity contribution in [3.8, 4) is 17.1 Å². The summed E-state index contributed by atoms with van der Waals surface area (Å²) < 4.78 is 5.02. The second-order valence-electron chi connectivity index (χ2n) is 3.78. The lowest BCUT2D eigenvalue weighted by Crippen LogP contribution is -2.08. The van der Waals surface area contributed by atoms with Gasteiger partial charge in [-0.2, -0.15) is 0 Å². The molecule has 106 valence electrons. The molecule has 0 atom stereocenters. The van der Waals surface area contributed by atoms with E-state index >= 15 is 0 Å². The summed E-state index contributed by atoms with van der Waals surface area (Å²) in [7, 11) is 1.52. The van der Waals surface area contributed by atoms with Crippen LogP contribution in [0.1, 0.15) is 6.92 Å². The average molecular weight is 296 g/mol. The number of carbonyl (C=O) groups excluding carboxylic acids is 1. The Kier molecular flexibility index (Phi) is 5.22. The van der Waals surface area contributed by atoms with Gasteiger partial charge in [0, 0.05) is 36.5 Å². The van der Waals surface area contributed by atoms with Crippen molar-refractivity contribution in [1.82, 2.24) is 15.0 Å². The Balaban J connectivity index is 0.00000200. The van der Waals surface area contributed by atoms with Crippen LogP contribution in [0.4, 0.5) is 11.5 Å².